The van der Waals surface area contributed by atoms with Crippen LogP contribution < -0.4 is 16.2 Å². The maximum absolute atomic E-state index is 14.1. The summed E-state index contributed by atoms with van der Waals surface area (Å²) in [6.45, 7) is 0.913. The Morgan fingerprint density at radius 2 is 1.60 bits per heavy atom. The van der Waals surface area contributed by atoms with E-state index in [9.17, 15) is 45.8 Å². The van der Waals surface area contributed by atoms with Crippen LogP contribution in [0.1, 0.15) is 47.2 Å². The SMILES string of the molecule is Cn1c(-c2ccnn2-c2ccc(C#N)cc2)c(C(=O)NC2CCC(CNC(=O)C[N+](C)(C)C)CC2)c(=O)n1-c1cccc(C(F)(F)F)c1.O=S(=O)([O-])c1ccccc1. The fourth-order valence-electron chi connectivity index (χ4n) is 6.67. The summed E-state index contributed by atoms with van der Waals surface area (Å²) in [5.74, 6) is -0.419. The fraction of sp³-hybridized carbons (Fsp3) is 0.325. The molecule has 2 N–H and O–H groups in total. The van der Waals surface area contributed by atoms with Crippen LogP contribution in [0.15, 0.2) is 101 Å². The summed E-state index contributed by atoms with van der Waals surface area (Å²) >= 11 is 0. The van der Waals surface area contributed by atoms with Crippen molar-refractivity contribution in [2.45, 2.75) is 42.8 Å². The van der Waals surface area contributed by atoms with E-state index in [0.29, 0.717) is 47.4 Å². The lowest BCUT2D eigenvalue weighted by Gasteiger charge is -2.29. The summed E-state index contributed by atoms with van der Waals surface area (Å²) in [6, 6.07) is 21.5. The van der Waals surface area contributed by atoms with Gasteiger partial charge in [-0.2, -0.15) is 23.5 Å². The Bertz CT molecular complexity index is 2460. The summed E-state index contributed by atoms with van der Waals surface area (Å²) in [5.41, 5.74) is -0.536. The molecule has 6 rings (SSSR count). The van der Waals surface area contributed by atoms with Crippen molar-refractivity contribution in [3.05, 3.63) is 118 Å². The van der Waals surface area contributed by atoms with E-state index in [-0.39, 0.29) is 39.7 Å². The highest BCUT2D eigenvalue weighted by atomic mass is 32.2. The van der Waals surface area contributed by atoms with E-state index >= 15 is 0 Å². The van der Waals surface area contributed by atoms with Crippen LogP contribution in [0.3, 0.4) is 0 Å². The Hall–Kier alpha value is -6.03. The number of halogens is 3. The summed E-state index contributed by atoms with van der Waals surface area (Å²) in [7, 11) is 3.08. The van der Waals surface area contributed by atoms with Gasteiger partial charge < -0.3 is 19.7 Å². The molecule has 0 radical (unpaired) electrons. The lowest BCUT2D eigenvalue weighted by molar-refractivity contribution is -0.862. The topological polar surface area (TPSA) is 184 Å². The van der Waals surface area contributed by atoms with Gasteiger partial charge >= 0.3 is 6.18 Å². The molecule has 0 unspecified atom stereocenters. The molecule has 0 bridgehead atoms. The monoisotopic (exact) mass is 820 g/mol. The Morgan fingerprint density at radius 1 is 0.948 bits per heavy atom. The molecule has 3 aromatic carbocycles. The third-order valence-corrected chi connectivity index (χ3v) is 10.3. The standard InChI is InChI=1S/C34H37F3N8O3.C6H6O3S/c1-42-31(28-16-17-40-43(28)26-14-10-22(19-38)11-15-26)30(33(48)44(42)27-7-5-6-24(18-27)34(35,36)37)32(47)41-25-12-8-23(9-13-25)20-39-29(46)21-45(2,3)4;7-10(8,9)6-4-2-1-3-5-6/h5-7,10-11,14-18,23,25H,8-9,12-13,20-21H2,1-4H3,(H-,39,41,46,47);1-5H,(H,7,8,9). The first-order valence-corrected chi connectivity index (χ1v) is 19.6. The molecule has 1 saturated carbocycles. The summed E-state index contributed by atoms with van der Waals surface area (Å²) < 4.78 is 76.2. The quantitative estimate of drug-likeness (QED) is 0.151. The largest absolute Gasteiger partial charge is 0.744 e. The number of nitrogens with one attached hydrogen (secondary N) is 2. The van der Waals surface area contributed by atoms with Gasteiger partial charge in [0.25, 0.3) is 17.4 Å². The minimum absolute atomic E-state index is 0.0215. The lowest BCUT2D eigenvalue weighted by Crippen LogP contribution is -2.46. The second kappa shape index (κ2) is 17.6. The number of nitrogens with zero attached hydrogens (tertiary/aromatic N) is 6. The van der Waals surface area contributed by atoms with Crippen molar-refractivity contribution in [1.82, 2.24) is 29.8 Å². The van der Waals surface area contributed by atoms with Gasteiger partial charge in [0, 0.05) is 19.6 Å². The Balaban J connectivity index is 0.000000559. The van der Waals surface area contributed by atoms with E-state index in [1.165, 1.54) is 59.0 Å². The molecule has 1 aliphatic rings. The van der Waals surface area contributed by atoms with Crippen LogP contribution in [-0.4, -0.2) is 88.7 Å². The number of nitriles is 1. The summed E-state index contributed by atoms with van der Waals surface area (Å²) in [4.78, 5) is 40.2. The first-order chi connectivity index (χ1) is 27.3. The smallest absolute Gasteiger partial charge is 0.416 e. The maximum atomic E-state index is 14.1. The highest BCUT2D eigenvalue weighted by molar-refractivity contribution is 7.85. The molecule has 58 heavy (non-hydrogen) atoms. The Labute approximate surface area is 333 Å². The lowest BCUT2D eigenvalue weighted by atomic mass is 9.86. The van der Waals surface area contributed by atoms with Crippen molar-refractivity contribution in [3.8, 4) is 28.8 Å². The first-order valence-electron chi connectivity index (χ1n) is 18.2. The molecular formula is C40H43F3N8O6S. The van der Waals surface area contributed by atoms with Gasteiger partial charge in [-0.1, -0.05) is 24.3 Å². The van der Waals surface area contributed by atoms with Gasteiger partial charge in [-0.15, -0.1) is 0 Å². The predicted octanol–water partition coefficient (Wildman–Crippen LogP) is 4.62. The third-order valence-electron chi connectivity index (χ3n) is 9.46. The van der Waals surface area contributed by atoms with E-state index in [4.69, 9.17) is 0 Å². The van der Waals surface area contributed by atoms with Crippen molar-refractivity contribution >= 4 is 21.9 Å². The second-order valence-electron chi connectivity index (χ2n) is 14.9. The molecule has 0 atom stereocenters. The molecule has 1 aliphatic carbocycles. The zero-order valence-electron chi connectivity index (χ0n) is 32.2. The molecule has 2 heterocycles. The van der Waals surface area contributed by atoms with Gasteiger partial charge in [0.05, 0.1) is 66.5 Å². The van der Waals surface area contributed by atoms with Crippen LogP contribution in [0.4, 0.5) is 13.2 Å². The maximum Gasteiger partial charge on any atom is 0.416 e. The highest BCUT2D eigenvalue weighted by Gasteiger charge is 2.33. The van der Waals surface area contributed by atoms with Gasteiger partial charge in [0.1, 0.15) is 21.4 Å². The van der Waals surface area contributed by atoms with Crippen molar-refractivity contribution < 1.29 is 40.2 Å². The van der Waals surface area contributed by atoms with Gasteiger partial charge in [0.2, 0.25) is 0 Å². The normalized spacial score (nSPS) is 15.8. The van der Waals surface area contributed by atoms with Crippen molar-refractivity contribution in [1.29, 1.82) is 5.26 Å². The van der Waals surface area contributed by atoms with E-state index in [0.717, 1.165) is 29.7 Å². The van der Waals surface area contributed by atoms with Crippen molar-refractivity contribution in [3.63, 3.8) is 0 Å². The van der Waals surface area contributed by atoms with Crippen LogP contribution in [0.25, 0.3) is 22.8 Å². The van der Waals surface area contributed by atoms with Gasteiger partial charge in [-0.3, -0.25) is 19.1 Å². The molecule has 14 nitrogen and oxygen atoms in total. The van der Waals surface area contributed by atoms with Crippen LogP contribution in [0.5, 0.6) is 0 Å². The zero-order valence-corrected chi connectivity index (χ0v) is 33.0. The van der Waals surface area contributed by atoms with Crippen LogP contribution in [-0.2, 0) is 28.1 Å². The number of quaternary nitrogens is 1. The number of hydrogen-bond acceptors (Lipinski definition) is 8. The zero-order chi connectivity index (χ0) is 42.4. The molecule has 0 aliphatic heterocycles. The average Bonchev–Trinajstić information content (AvgIpc) is 3.75. The van der Waals surface area contributed by atoms with E-state index in [2.05, 4.69) is 21.8 Å². The molecule has 18 heteroatoms. The molecular weight excluding hydrogens is 778 g/mol. The number of aromatic nitrogens is 4. The van der Waals surface area contributed by atoms with E-state index in [1.54, 1.807) is 36.4 Å². The number of amides is 2. The number of alkyl halides is 3. The molecule has 5 aromatic rings. The highest BCUT2D eigenvalue weighted by Crippen LogP contribution is 2.32. The van der Waals surface area contributed by atoms with Gasteiger partial charge in [-0.25, -0.2) is 17.8 Å². The van der Waals surface area contributed by atoms with Crippen molar-refractivity contribution in [2.75, 3.05) is 34.2 Å². The van der Waals surface area contributed by atoms with Crippen LogP contribution in [0, 0.1) is 17.2 Å². The fourth-order valence-corrected chi connectivity index (χ4v) is 7.16. The Morgan fingerprint density at radius 3 is 2.17 bits per heavy atom. The first kappa shape index (κ1) is 43.1. The molecule has 0 saturated heterocycles. The predicted molar refractivity (Wildman–Crippen MR) is 207 cm³/mol. The van der Waals surface area contributed by atoms with Gasteiger partial charge in [0.15, 0.2) is 6.54 Å². The molecule has 2 amide bonds. The van der Waals surface area contributed by atoms with Crippen LogP contribution in [0.2, 0.25) is 0 Å². The average molecular weight is 821 g/mol. The molecule has 2 aromatic heterocycles. The van der Waals surface area contributed by atoms with Crippen LogP contribution >= 0.6 is 0 Å². The number of carbonyl (C=O) groups excluding carboxylic acids is 2. The summed E-state index contributed by atoms with van der Waals surface area (Å²) in [6.07, 6.45) is -0.366. The third kappa shape index (κ3) is 10.7. The number of likely N-dealkylation sites (N-methyl/N-ethyl adjacent to an activating group) is 1. The van der Waals surface area contributed by atoms with Gasteiger partial charge in [-0.05, 0) is 92.3 Å². The Kier molecular flexibility index (Phi) is 13.1. The molecule has 0 spiro atoms. The number of carbonyl (C=O) groups is 2. The van der Waals surface area contributed by atoms with E-state index in [1.807, 2.05) is 21.1 Å². The number of rotatable bonds is 10. The minimum Gasteiger partial charge on any atom is -0.744 e. The molecule has 1 fully saturated rings. The van der Waals surface area contributed by atoms with E-state index < -0.39 is 33.3 Å². The number of benzene rings is 3. The summed E-state index contributed by atoms with van der Waals surface area (Å²) in [5, 5.41) is 19.6. The van der Waals surface area contributed by atoms with Crippen molar-refractivity contribution in [2.24, 2.45) is 13.0 Å². The number of hydrogen-bond donors (Lipinski definition) is 2. The second-order valence-corrected chi connectivity index (χ2v) is 16.3. The molecule has 306 valence electrons. The minimum atomic E-state index is -4.64.